The summed E-state index contributed by atoms with van der Waals surface area (Å²) in [6.45, 7) is 0.227. The molecule has 2 aliphatic rings. The van der Waals surface area contributed by atoms with E-state index >= 15 is 0 Å². The number of nitrogens with one attached hydrogen (secondary N) is 1. The average molecular weight is 416 g/mol. The summed E-state index contributed by atoms with van der Waals surface area (Å²) < 4.78 is 0. The summed E-state index contributed by atoms with van der Waals surface area (Å²) in [6, 6.07) is 11.6. The van der Waals surface area contributed by atoms with Crippen LogP contribution in [0.2, 0.25) is 10.0 Å². The maximum atomic E-state index is 13.2. The molecule has 142 valence electrons. The van der Waals surface area contributed by atoms with Crippen molar-refractivity contribution in [3.05, 3.63) is 69.7 Å². The minimum Gasteiger partial charge on any atom is -0.311 e. The van der Waals surface area contributed by atoms with Gasteiger partial charge in [0.1, 0.15) is 0 Å². The van der Waals surface area contributed by atoms with Crippen LogP contribution < -0.4 is 10.2 Å². The lowest BCUT2D eigenvalue weighted by atomic mass is 9.91. The van der Waals surface area contributed by atoms with E-state index in [-0.39, 0.29) is 6.54 Å². The van der Waals surface area contributed by atoms with Crippen LogP contribution in [0.25, 0.3) is 6.08 Å². The van der Waals surface area contributed by atoms with Crippen LogP contribution in [0.3, 0.4) is 0 Å². The largest absolute Gasteiger partial charge is 0.325 e. The van der Waals surface area contributed by atoms with E-state index in [1.165, 1.54) is 11.9 Å². The van der Waals surface area contributed by atoms with E-state index in [1.54, 1.807) is 42.5 Å². The van der Waals surface area contributed by atoms with Crippen LogP contribution in [0.1, 0.15) is 11.1 Å². The SMILES string of the molecule is CN1C(=O)NC2(C1=O)C(=O)N(CC=Cc1ccc(Cl)c(Cl)c1)c1ccccc12. The van der Waals surface area contributed by atoms with Gasteiger partial charge >= 0.3 is 6.03 Å². The molecule has 4 amide bonds. The molecule has 0 aromatic heterocycles. The molecule has 0 saturated carbocycles. The molecule has 1 atom stereocenters. The van der Waals surface area contributed by atoms with Gasteiger partial charge in [-0.05, 0) is 23.8 Å². The van der Waals surface area contributed by atoms with Crippen molar-refractivity contribution in [3.63, 3.8) is 0 Å². The molecule has 2 aliphatic heterocycles. The maximum absolute atomic E-state index is 13.2. The number of hydrogen-bond donors (Lipinski definition) is 1. The molecule has 0 bridgehead atoms. The first kappa shape index (κ1) is 18.5. The van der Waals surface area contributed by atoms with E-state index in [9.17, 15) is 14.4 Å². The Labute approximate surface area is 171 Å². The predicted molar refractivity (Wildman–Crippen MR) is 107 cm³/mol. The fraction of sp³-hybridized carbons (Fsp3) is 0.150. The van der Waals surface area contributed by atoms with Gasteiger partial charge in [-0.3, -0.25) is 14.5 Å². The predicted octanol–water partition coefficient (Wildman–Crippen LogP) is 3.43. The van der Waals surface area contributed by atoms with Gasteiger partial charge in [0.25, 0.3) is 11.8 Å². The molecule has 1 spiro atoms. The summed E-state index contributed by atoms with van der Waals surface area (Å²) in [5.41, 5.74) is 0.203. The summed E-state index contributed by atoms with van der Waals surface area (Å²) >= 11 is 11.9. The van der Waals surface area contributed by atoms with Crippen LogP contribution in [0.5, 0.6) is 0 Å². The van der Waals surface area contributed by atoms with Gasteiger partial charge < -0.3 is 10.2 Å². The Morgan fingerprint density at radius 3 is 2.46 bits per heavy atom. The standard InChI is InChI=1S/C20H15Cl2N3O3/c1-24-17(26)20(23-19(24)28)13-6-2-3-7-16(13)25(18(20)27)10-4-5-12-8-9-14(21)15(22)11-12/h2-9,11H,10H2,1H3,(H,23,28). The van der Waals surface area contributed by atoms with Gasteiger partial charge in [0.2, 0.25) is 5.54 Å². The molecule has 0 radical (unpaired) electrons. The zero-order chi connectivity index (χ0) is 20.1. The molecule has 1 saturated heterocycles. The monoisotopic (exact) mass is 415 g/mol. The summed E-state index contributed by atoms with van der Waals surface area (Å²) in [6.07, 6.45) is 3.60. The van der Waals surface area contributed by atoms with Crippen LogP contribution in [-0.4, -0.2) is 36.3 Å². The second-order valence-corrected chi connectivity index (χ2v) is 7.37. The Hall–Kier alpha value is -2.83. The first-order valence-electron chi connectivity index (χ1n) is 8.49. The van der Waals surface area contributed by atoms with Crippen molar-refractivity contribution in [1.29, 1.82) is 0 Å². The summed E-state index contributed by atoms with van der Waals surface area (Å²) in [4.78, 5) is 40.5. The average Bonchev–Trinajstić information content (AvgIpc) is 3.06. The number of carbonyl (C=O) groups excluding carboxylic acids is 3. The van der Waals surface area contributed by atoms with Crippen molar-refractivity contribution < 1.29 is 14.4 Å². The van der Waals surface area contributed by atoms with E-state index in [2.05, 4.69) is 5.32 Å². The number of likely N-dealkylation sites (N-methyl/N-ethyl adjacent to an activating group) is 1. The van der Waals surface area contributed by atoms with E-state index < -0.39 is 23.4 Å². The molecule has 6 nitrogen and oxygen atoms in total. The highest BCUT2D eigenvalue weighted by Crippen LogP contribution is 2.43. The molecule has 2 aromatic carbocycles. The van der Waals surface area contributed by atoms with Crippen LogP contribution in [0.15, 0.2) is 48.5 Å². The Bertz CT molecular complexity index is 1050. The zero-order valence-corrected chi connectivity index (χ0v) is 16.3. The lowest BCUT2D eigenvalue weighted by molar-refractivity contribution is -0.137. The first-order chi connectivity index (χ1) is 13.4. The second-order valence-electron chi connectivity index (χ2n) is 6.55. The first-order valence-corrected chi connectivity index (χ1v) is 9.25. The molecule has 4 rings (SSSR count). The van der Waals surface area contributed by atoms with Crippen LogP contribution in [0, 0.1) is 0 Å². The lowest BCUT2D eigenvalue weighted by Crippen LogP contribution is -2.52. The second kappa shape index (κ2) is 6.65. The number of halogens is 2. The van der Waals surface area contributed by atoms with Crippen molar-refractivity contribution in [2.75, 3.05) is 18.5 Å². The molecule has 8 heteroatoms. The molecular formula is C20H15Cl2N3O3. The zero-order valence-electron chi connectivity index (χ0n) is 14.8. The van der Waals surface area contributed by atoms with Crippen molar-refractivity contribution >= 4 is 52.8 Å². The molecule has 2 aromatic rings. The number of urea groups is 1. The third-order valence-electron chi connectivity index (χ3n) is 4.93. The molecule has 28 heavy (non-hydrogen) atoms. The highest BCUT2D eigenvalue weighted by Gasteiger charge is 2.62. The van der Waals surface area contributed by atoms with Crippen LogP contribution >= 0.6 is 23.2 Å². The van der Waals surface area contributed by atoms with Gasteiger partial charge in [-0.1, -0.05) is 59.6 Å². The van der Waals surface area contributed by atoms with E-state index in [0.717, 1.165) is 10.5 Å². The smallest absolute Gasteiger partial charge is 0.311 e. The minimum absolute atomic E-state index is 0.227. The lowest BCUT2D eigenvalue weighted by Gasteiger charge is -2.20. The third kappa shape index (κ3) is 2.60. The number of nitrogens with zero attached hydrogens (tertiary/aromatic N) is 2. The molecular weight excluding hydrogens is 401 g/mol. The van der Waals surface area contributed by atoms with Gasteiger partial charge in [0.15, 0.2) is 0 Å². The summed E-state index contributed by atoms with van der Waals surface area (Å²) in [5, 5.41) is 3.48. The van der Waals surface area contributed by atoms with Crippen LogP contribution in [-0.2, 0) is 15.1 Å². The highest BCUT2D eigenvalue weighted by atomic mass is 35.5. The molecule has 0 aliphatic carbocycles. The Morgan fingerprint density at radius 2 is 1.79 bits per heavy atom. The Morgan fingerprint density at radius 1 is 1.04 bits per heavy atom. The number of amides is 4. The Kier molecular flexibility index (Phi) is 4.40. The molecule has 1 N–H and O–H groups in total. The molecule has 1 unspecified atom stereocenters. The van der Waals surface area contributed by atoms with Gasteiger partial charge in [-0.15, -0.1) is 0 Å². The van der Waals surface area contributed by atoms with E-state index in [4.69, 9.17) is 23.2 Å². The van der Waals surface area contributed by atoms with E-state index in [0.29, 0.717) is 21.3 Å². The summed E-state index contributed by atoms with van der Waals surface area (Å²) in [7, 11) is 1.36. The maximum Gasteiger partial charge on any atom is 0.325 e. The number of imide groups is 1. The third-order valence-corrected chi connectivity index (χ3v) is 5.67. The van der Waals surface area contributed by atoms with Crippen molar-refractivity contribution in [3.8, 4) is 0 Å². The quantitative estimate of drug-likeness (QED) is 0.616. The Balaban J connectivity index is 1.66. The number of benzene rings is 2. The van der Waals surface area contributed by atoms with Crippen molar-refractivity contribution in [2.45, 2.75) is 5.54 Å². The van der Waals surface area contributed by atoms with Gasteiger partial charge in [-0.25, -0.2) is 4.79 Å². The van der Waals surface area contributed by atoms with E-state index in [1.807, 2.05) is 12.1 Å². The topological polar surface area (TPSA) is 69.7 Å². The van der Waals surface area contributed by atoms with Gasteiger partial charge in [0.05, 0.1) is 15.7 Å². The number of rotatable bonds is 3. The number of hydrogen-bond acceptors (Lipinski definition) is 3. The fourth-order valence-electron chi connectivity index (χ4n) is 3.51. The normalized spacial score (nSPS) is 21.2. The molecule has 2 heterocycles. The minimum atomic E-state index is -1.69. The fourth-order valence-corrected chi connectivity index (χ4v) is 3.82. The molecule has 1 fully saturated rings. The van der Waals surface area contributed by atoms with Crippen molar-refractivity contribution in [2.24, 2.45) is 0 Å². The number of anilines is 1. The van der Waals surface area contributed by atoms with Gasteiger partial charge in [0, 0.05) is 19.2 Å². The van der Waals surface area contributed by atoms with Gasteiger partial charge in [-0.2, -0.15) is 0 Å². The van der Waals surface area contributed by atoms with Crippen molar-refractivity contribution in [1.82, 2.24) is 10.2 Å². The number of fused-ring (bicyclic) bond motifs is 2. The van der Waals surface area contributed by atoms with Crippen LogP contribution in [0.4, 0.5) is 10.5 Å². The summed E-state index contributed by atoms with van der Waals surface area (Å²) in [5.74, 6) is -1.05. The highest BCUT2D eigenvalue weighted by molar-refractivity contribution is 6.42. The number of carbonyl (C=O) groups is 3. The number of para-hydroxylation sites is 1.